The molecule has 7 nitrogen and oxygen atoms in total. The van der Waals surface area contributed by atoms with E-state index in [1.165, 1.54) is 5.56 Å². The Morgan fingerprint density at radius 1 is 1.12 bits per heavy atom. The van der Waals surface area contributed by atoms with Crippen molar-refractivity contribution in [1.82, 2.24) is 19.9 Å². The molecule has 3 heterocycles. The lowest BCUT2D eigenvalue weighted by Crippen LogP contribution is -2.34. The zero-order valence-electron chi connectivity index (χ0n) is 19.3. The fourth-order valence-electron chi connectivity index (χ4n) is 4.17. The van der Waals surface area contributed by atoms with Crippen LogP contribution in [0.15, 0.2) is 67.0 Å². The van der Waals surface area contributed by atoms with E-state index in [0.717, 1.165) is 35.2 Å². The number of fused-ring (bicyclic) bond motifs is 1. The molecule has 172 valence electrons. The number of benzene rings is 2. The highest BCUT2D eigenvalue weighted by Gasteiger charge is 2.26. The predicted molar refractivity (Wildman–Crippen MR) is 131 cm³/mol. The maximum Gasteiger partial charge on any atom is 0.254 e. The highest BCUT2D eigenvalue weighted by Crippen LogP contribution is 2.27. The number of carbonyl (C=O) groups is 1. The van der Waals surface area contributed by atoms with Gasteiger partial charge in [-0.3, -0.25) is 4.79 Å². The number of anilines is 1. The summed E-state index contributed by atoms with van der Waals surface area (Å²) in [5.41, 5.74) is 10.5. The van der Waals surface area contributed by atoms with Crippen molar-refractivity contribution in [2.45, 2.75) is 32.4 Å². The first-order valence-corrected chi connectivity index (χ1v) is 11.4. The standard InChI is InChI=1S/C27H27N5O2/c1-17-12-22-13-21(8-9-24(22)31-25(17)28)27(33)32(18(2)26-29-10-3-11-30-26)14-19-4-6-20(7-5-19)23-15-34-16-23/h3-13,18,23H,14-16H2,1-2H3,(H2,28,31). The van der Waals surface area contributed by atoms with E-state index in [4.69, 9.17) is 10.5 Å². The second-order valence-electron chi connectivity index (χ2n) is 8.79. The average Bonchev–Trinajstić information content (AvgIpc) is 2.82. The quantitative estimate of drug-likeness (QED) is 0.464. The Hall–Kier alpha value is -3.84. The van der Waals surface area contributed by atoms with Crippen molar-refractivity contribution in [1.29, 1.82) is 0 Å². The highest BCUT2D eigenvalue weighted by molar-refractivity contribution is 5.98. The van der Waals surface area contributed by atoms with Crippen LogP contribution in [0.25, 0.3) is 10.9 Å². The topological polar surface area (TPSA) is 94.2 Å². The zero-order valence-corrected chi connectivity index (χ0v) is 19.3. The highest BCUT2D eigenvalue weighted by atomic mass is 16.5. The normalized spacial score (nSPS) is 14.5. The van der Waals surface area contributed by atoms with Gasteiger partial charge in [0.15, 0.2) is 0 Å². The Kier molecular flexibility index (Phi) is 5.94. The van der Waals surface area contributed by atoms with E-state index in [1.807, 2.05) is 36.9 Å². The minimum Gasteiger partial charge on any atom is -0.383 e. The fraction of sp³-hybridized carbons (Fsp3) is 0.259. The van der Waals surface area contributed by atoms with Gasteiger partial charge in [-0.25, -0.2) is 15.0 Å². The molecule has 1 aliphatic rings. The van der Waals surface area contributed by atoms with Crippen molar-refractivity contribution >= 4 is 22.6 Å². The minimum absolute atomic E-state index is 0.0900. The second-order valence-corrected chi connectivity index (χ2v) is 8.79. The van der Waals surface area contributed by atoms with E-state index < -0.39 is 0 Å². The van der Waals surface area contributed by atoms with Crippen molar-refractivity contribution in [2.75, 3.05) is 18.9 Å². The van der Waals surface area contributed by atoms with Gasteiger partial charge in [0.2, 0.25) is 0 Å². The van der Waals surface area contributed by atoms with Crippen LogP contribution in [0.2, 0.25) is 0 Å². The molecule has 1 aliphatic heterocycles. The second kappa shape index (κ2) is 9.19. The van der Waals surface area contributed by atoms with Gasteiger partial charge in [-0.05, 0) is 60.9 Å². The molecule has 5 rings (SSSR count). The lowest BCUT2D eigenvalue weighted by Gasteiger charge is -2.29. The predicted octanol–water partition coefficient (Wildman–Crippen LogP) is 4.43. The zero-order chi connectivity index (χ0) is 23.7. The van der Waals surface area contributed by atoms with Crippen LogP contribution in [0.3, 0.4) is 0 Å². The number of hydrogen-bond acceptors (Lipinski definition) is 6. The van der Waals surface area contributed by atoms with Crippen LogP contribution < -0.4 is 5.73 Å². The Bertz CT molecular complexity index is 1320. The van der Waals surface area contributed by atoms with Crippen LogP contribution in [0.5, 0.6) is 0 Å². The Balaban J connectivity index is 1.47. The Morgan fingerprint density at radius 2 is 1.85 bits per heavy atom. The summed E-state index contributed by atoms with van der Waals surface area (Å²) in [6.07, 6.45) is 3.40. The Morgan fingerprint density at radius 3 is 2.53 bits per heavy atom. The molecule has 0 spiro atoms. The first kappa shape index (κ1) is 22.0. The molecule has 0 radical (unpaired) electrons. The lowest BCUT2D eigenvalue weighted by molar-refractivity contribution is 0.00841. The molecule has 4 aromatic rings. The molecule has 1 amide bonds. The molecule has 1 atom stereocenters. The van der Waals surface area contributed by atoms with Crippen molar-refractivity contribution in [3.05, 3.63) is 95.1 Å². The first-order valence-electron chi connectivity index (χ1n) is 11.4. The number of rotatable bonds is 6. The Labute approximate surface area is 198 Å². The third-order valence-corrected chi connectivity index (χ3v) is 6.42. The SMILES string of the molecule is Cc1cc2cc(C(=O)N(Cc3ccc(C4COC4)cc3)C(C)c3ncccn3)ccc2nc1N. The van der Waals surface area contributed by atoms with Gasteiger partial charge in [0, 0.05) is 35.8 Å². The number of carbonyl (C=O) groups excluding carboxylic acids is 1. The first-order chi connectivity index (χ1) is 16.5. The summed E-state index contributed by atoms with van der Waals surface area (Å²) in [5.74, 6) is 1.48. The molecule has 2 N–H and O–H groups in total. The van der Waals surface area contributed by atoms with Gasteiger partial charge in [-0.2, -0.15) is 0 Å². The van der Waals surface area contributed by atoms with Gasteiger partial charge < -0.3 is 15.4 Å². The summed E-state index contributed by atoms with van der Waals surface area (Å²) in [7, 11) is 0. The van der Waals surface area contributed by atoms with E-state index in [2.05, 4.69) is 39.2 Å². The summed E-state index contributed by atoms with van der Waals surface area (Å²) in [4.78, 5) is 28.8. The summed E-state index contributed by atoms with van der Waals surface area (Å²) in [6, 6.07) is 17.4. The number of aryl methyl sites for hydroxylation is 1. The molecule has 1 unspecified atom stereocenters. The number of nitrogens with two attached hydrogens (primary N) is 1. The van der Waals surface area contributed by atoms with Crippen LogP contribution in [-0.4, -0.2) is 39.0 Å². The smallest absolute Gasteiger partial charge is 0.254 e. The maximum atomic E-state index is 13.8. The number of pyridine rings is 1. The number of aromatic nitrogens is 3. The van der Waals surface area contributed by atoms with Gasteiger partial charge in [-0.15, -0.1) is 0 Å². The molecule has 34 heavy (non-hydrogen) atoms. The van der Waals surface area contributed by atoms with Crippen molar-refractivity contribution in [3.8, 4) is 0 Å². The van der Waals surface area contributed by atoms with Gasteiger partial charge in [0.05, 0.1) is 24.8 Å². The van der Waals surface area contributed by atoms with E-state index >= 15 is 0 Å². The van der Waals surface area contributed by atoms with Gasteiger partial charge in [0.25, 0.3) is 5.91 Å². The van der Waals surface area contributed by atoms with Crippen LogP contribution in [0, 0.1) is 6.92 Å². The van der Waals surface area contributed by atoms with Crippen molar-refractivity contribution in [2.24, 2.45) is 0 Å². The van der Waals surface area contributed by atoms with Crippen LogP contribution in [-0.2, 0) is 11.3 Å². The third kappa shape index (κ3) is 4.34. The summed E-state index contributed by atoms with van der Waals surface area (Å²) < 4.78 is 5.31. The van der Waals surface area contributed by atoms with E-state index in [0.29, 0.717) is 29.7 Å². The van der Waals surface area contributed by atoms with E-state index in [-0.39, 0.29) is 11.9 Å². The third-order valence-electron chi connectivity index (χ3n) is 6.42. The molecule has 0 aliphatic carbocycles. The van der Waals surface area contributed by atoms with Crippen molar-refractivity contribution < 1.29 is 9.53 Å². The fourth-order valence-corrected chi connectivity index (χ4v) is 4.17. The molecule has 2 aromatic carbocycles. The minimum atomic E-state index is -0.310. The molecule has 0 bridgehead atoms. The lowest BCUT2D eigenvalue weighted by atomic mass is 9.96. The summed E-state index contributed by atoms with van der Waals surface area (Å²) in [5, 5.41) is 0.883. The van der Waals surface area contributed by atoms with Gasteiger partial charge in [0.1, 0.15) is 11.6 Å². The molecule has 2 aromatic heterocycles. The summed E-state index contributed by atoms with van der Waals surface area (Å²) >= 11 is 0. The summed E-state index contributed by atoms with van der Waals surface area (Å²) in [6.45, 7) is 5.86. The maximum absolute atomic E-state index is 13.8. The monoisotopic (exact) mass is 453 g/mol. The number of hydrogen-bond donors (Lipinski definition) is 1. The number of nitrogen functional groups attached to an aromatic ring is 1. The molecular formula is C27H27N5O2. The van der Waals surface area contributed by atoms with Gasteiger partial charge in [-0.1, -0.05) is 24.3 Å². The number of nitrogens with zero attached hydrogens (tertiary/aromatic N) is 4. The van der Waals surface area contributed by atoms with Gasteiger partial charge >= 0.3 is 0 Å². The van der Waals surface area contributed by atoms with Crippen LogP contribution in [0.4, 0.5) is 5.82 Å². The number of amides is 1. The van der Waals surface area contributed by atoms with Crippen LogP contribution >= 0.6 is 0 Å². The average molecular weight is 454 g/mol. The van der Waals surface area contributed by atoms with E-state index in [1.54, 1.807) is 24.5 Å². The van der Waals surface area contributed by atoms with E-state index in [9.17, 15) is 4.79 Å². The van der Waals surface area contributed by atoms with Crippen molar-refractivity contribution in [3.63, 3.8) is 0 Å². The van der Waals surface area contributed by atoms with Crippen LogP contribution in [0.1, 0.15) is 51.8 Å². The molecular weight excluding hydrogens is 426 g/mol. The molecule has 1 saturated heterocycles. The largest absolute Gasteiger partial charge is 0.383 e. The molecule has 1 fully saturated rings. The molecule has 0 saturated carbocycles. The number of ether oxygens (including phenoxy) is 1. The molecule has 7 heteroatoms.